The third-order valence-electron chi connectivity index (χ3n) is 6.87. The molecule has 0 saturated carbocycles. The van der Waals surface area contributed by atoms with Crippen LogP contribution in [0.25, 0.3) is 11.3 Å². The van der Waals surface area contributed by atoms with Gasteiger partial charge in [-0.3, -0.25) is 4.98 Å². The van der Waals surface area contributed by atoms with Gasteiger partial charge in [0, 0.05) is 17.4 Å². The molecular formula is C32H25N3O4S. The van der Waals surface area contributed by atoms with Crippen LogP contribution in [0.3, 0.4) is 0 Å². The number of para-hydroxylation sites is 1. The molecule has 0 radical (unpaired) electrons. The quantitative estimate of drug-likeness (QED) is 0.205. The lowest BCUT2D eigenvalue weighted by Crippen LogP contribution is -2.29. The average Bonchev–Trinajstić information content (AvgIpc) is 3.60. The number of aromatic carboxylic acids is 1. The number of pyridine rings is 1. The molecule has 0 spiro atoms. The van der Waals surface area contributed by atoms with Gasteiger partial charge in [-0.2, -0.15) is 0 Å². The minimum atomic E-state index is -0.971. The van der Waals surface area contributed by atoms with Crippen LogP contribution in [0.15, 0.2) is 114 Å². The largest absolute Gasteiger partial charge is 0.478 e. The number of aromatic nitrogens is 1. The molecule has 0 unspecified atom stereocenters. The van der Waals surface area contributed by atoms with Crippen LogP contribution >= 0.6 is 12.2 Å². The normalized spacial score (nSPS) is 16.5. The Bertz CT molecular complexity index is 1670. The summed E-state index contributed by atoms with van der Waals surface area (Å²) in [7, 11) is 0. The van der Waals surface area contributed by atoms with Crippen molar-refractivity contribution < 1.29 is 19.1 Å². The van der Waals surface area contributed by atoms with E-state index in [4.69, 9.17) is 21.4 Å². The molecule has 2 aromatic heterocycles. The van der Waals surface area contributed by atoms with E-state index in [2.05, 4.69) is 10.3 Å². The van der Waals surface area contributed by atoms with E-state index in [-0.39, 0.29) is 17.6 Å². The zero-order valence-corrected chi connectivity index (χ0v) is 22.3. The molecule has 3 aromatic carbocycles. The molecule has 8 heteroatoms. The summed E-state index contributed by atoms with van der Waals surface area (Å²) < 4.78 is 12.5. The highest BCUT2D eigenvalue weighted by atomic mass is 32.1. The van der Waals surface area contributed by atoms with Crippen LogP contribution in [0.2, 0.25) is 0 Å². The molecule has 6 rings (SSSR count). The van der Waals surface area contributed by atoms with Gasteiger partial charge >= 0.3 is 5.97 Å². The van der Waals surface area contributed by atoms with Gasteiger partial charge in [0.25, 0.3) is 0 Å². The van der Waals surface area contributed by atoms with E-state index in [0.717, 1.165) is 34.0 Å². The van der Waals surface area contributed by atoms with E-state index in [0.29, 0.717) is 16.6 Å². The fourth-order valence-electron chi connectivity index (χ4n) is 4.84. The smallest absolute Gasteiger partial charge is 0.335 e. The summed E-state index contributed by atoms with van der Waals surface area (Å²) in [5.74, 6) is 1.88. The molecule has 198 valence electrons. The van der Waals surface area contributed by atoms with Gasteiger partial charge in [0.15, 0.2) is 5.11 Å². The highest BCUT2D eigenvalue weighted by molar-refractivity contribution is 7.80. The molecule has 7 nitrogen and oxygen atoms in total. The van der Waals surface area contributed by atoms with Gasteiger partial charge in [-0.25, -0.2) is 4.79 Å². The lowest BCUT2D eigenvalue weighted by Gasteiger charge is -2.26. The number of aryl methyl sites for hydroxylation is 1. The lowest BCUT2D eigenvalue weighted by molar-refractivity contribution is 0.0697. The maximum Gasteiger partial charge on any atom is 0.335 e. The van der Waals surface area contributed by atoms with Crippen molar-refractivity contribution in [1.82, 2.24) is 10.3 Å². The third-order valence-corrected chi connectivity index (χ3v) is 7.18. The fourth-order valence-corrected chi connectivity index (χ4v) is 5.18. The lowest BCUT2D eigenvalue weighted by atomic mass is 10.0. The maximum absolute atomic E-state index is 11.3. The molecule has 40 heavy (non-hydrogen) atoms. The number of carboxylic acid groups (broad SMARTS) is 1. The summed E-state index contributed by atoms with van der Waals surface area (Å²) in [5.41, 5.74) is 3.77. The Kier molecular flexibility index (Phi) is 6.76. The summed E-state index contributed by atoms with van der Waals surface area (Å²) >= 11 is 5.83. The number of thiocarbonyl (C=S) groups is 1. The van der Waals surface area contributed by atoms with E-state index < -0.39 is 5.97 Å². The number of nitrogens with one attached hydrogen (secondary N) is 1. The van der Waals surface area contributed by atoms with Crippen molar-refractivity contribution >= 4 is 29.0 Å². The average molecular weight is 548 g/mol. The number of furan rings is 1. The van der Waals surface area contributed by atoms with Crippen LogP contribution in [-0.2, 0) is 0 Å². The SMILES string of the molecule is Cc1ccccc1Oc1ccc(N2C(=S)N[C@@H](c3ccccn3)[C@@H]2c2ccc(-c3ccc(C(=O)O)cc3)o2)cc1. The highest BCUT2D eigenvalue weighted by Gasteiger charge is 2.42. The third kappa shape index (κ3) is 4.92. The first kappa shape index (κ1) is 25.3. The van der Waals surface area contributed by atoms with Gasteiger partial charge < -0.3 is 24.5 Å². The molecule has 2 N–H and O–H groups in total. The van der Waals surface area contributed by atoms with E-state index in [1.807, 2.05) is 90.7 Å². The summed E-state index contributed by atoms with van der Waals surface area (Å²) in [6.45, 7) is 2.01. The van der Waals surface area contributed by atoms with Crippen molar-refractivity contribution in [1.29, 1.82) is 0 Å². The number of rotatable bonds is 7. The molecule has 2 atom stereocenters. The second-order valence-corrected chi connectivity index (χ2v) is 9.83. The van der Waals surface area contributed by atoms with Crippen molar-refractivity contribution in [2.75, 3.05) is 4.90 Å². The van der Waals surface area contributed by atoms with Crippen molar-refractivity contribution in [2.24, 2.45) is 0 Å². The van der Waals surface area contributed by atoms with Crippen LogP contribution in [0.4, 0.5) is 5.69 Å². The van der Waals surface area contributed by atoms with Gasteiger partial charge in [-0.05, 0) is 91.4 Å². The van der Waals surface area contributed by atoms with Gasteiger partial charge in [-0.1, -0.05) is 36.4 Å². The summed E-state index contributed by atoms with van der Waals surface area (Å²) in [4.78, 5) is 17.9. The van der Waals surface area contributed by atoms with Crippen LogP contribution in [-0.4, -0.2) is 21.2 Å². The molecule has 0 amide bonds. The van der Waals surface area contributed by atoms with Gasteiger partial charge in [0.2, 0.25) is 0 Å². The van der Waals surface area contributed by atoms with Crippen molar-refractivity contribution in [2.45, 2.75) is 19.0 Å². The Morgan fingerprint density at radius 3 is 2.40 bits per heavy atom. The Morgan fingerprint density at radius 1 is 0.950 bits per heavy atom. The number of carboxylic acids is 1. The van der Waals surface area contributed by atoms with Crippen molar-refractivity contribution in [3.63, 3.8) is 0 Å². The Morgan fingerprint density at radius 2 is 1.70 bits per heavy atom. The predicted molar refractivity (Wildman–Crippen MR) is 157 cm³/mol. The van der Waals surface area contributed by atoms with Crippen LogP contribution in [0.5, 0.6) is 11.5 Å². The van der Waals surface area contributed by atoms with Gasteiger partial charge in [-0.15, -0.1) is 0 Å². The minimum absolute atomic E-state index is 0.220. The van der Waals surface area contributed by atoms with Crippen molar-refractivity contribution in [3.8, 4) is 22.8 Å². The number of ether oxygens (including phenoxy) is 1. The van der Waals surface area contributed by atoms with E-state index in [1.54, 1.807) is 30.5 Å². The molecule has 1 fully saturated rings. The second kappa shape index (κ2) is 10.7. The van der Waals surface area contributed by atoms with Crippen LogP contribution in [0, 0.1) is 6.92 Å². The maximum atomic E-state index is 11.3. The number of nitrogens with zero attached hydrogens (tertiary/aromatic N) is 2. The predicted octanol–water partition coefficient (Wildman–Crippen LogP) is 7.32. The first-order chi connectivity index (χ1) is 19.5. The highest BCUT2D eigenvalue weighted by Crippen LogP contribution is 2.43. The zero-order chi connectivity index (χ0) is 27.6. The number of hydrogen-bond acceptors (Lipinski definition) is 5. The molecule has 3 heterocycles. The van der Waals surface area contributed by atoms with Gasteiger partial charge in [0.1, 0.15) is 29.1 Å². The monoisotopic (exact) mass is 547 g/mol. The van der Waals surface area contributed by atoms with E-state index in [9.17, 15) is 9.90 Å². The molecule has 1 aliphatic heterocycles. The first-order valence-corrected chi connectivity index (χ1v) is 13.2. The summed E-state index contributed by atoms with van der Waals surface area (Å²) in [6.07, 6.45) is 1.76. The molecule has 1 saturated heterocycles. The van der Waals surface area contributed by atoms with E-state index >= 15 is 0 Å². The fraction of sp³-hybridized carbons (Fsp3) is 0.0938. The summed E-state index contributed by atoms with van der Waals surface area (Å²) in [6, 6.07) is 31.3. The number of benzene rings is 3. The second-order valence-electron chi connectivity index (χ2n) is 9.44. The molecule has 1 aliphatic rings. The van der Waals surface area contributed by atoms with Crippen LogP contribution in [0.1, 0.15) is 39.5 Å². The van der Waals surface area contributed by atoms with Crippen molar-refractivity contribution in [3.05, 3.63) is 132 Å². The first-order valence-electron chi connectivity index (χ1n) is 12.8. The van der Waals surface area contributed by atoms with Gasteiger partial charge in [0.05, 0.1) is 17.3 Å². The molecule has 5 aromatic rings. The van der Waals surface area contributed by atoms with E-state index in [1.165, 1.54) is 0 Å². The molecule has 0 bridgehead atoms. The Labute approximate surface area is 236 Å². The van der Waals surface area contributed by atoms with Crippen LogP contribution < -0.4 is 15.0 Å². The molecule has 0 aliphatic carbocycles. The topological polar surface area (TPSA) is 87.8 Å². The zero-order valence-electron chi connectivity index (χ0n) is 21.5. The standard InChI is InChI=1S/C32H25N3O4S/c1-20-6-2-3-8-26(20)38-24-15-13-23(14-16-24)35-30(29(34-32(35)40)25-7-4-5-19-33-25)28-18-17-27(39-28)21-9-11-22(12-10-21)31(36)37/h2-19,29-30H,1H3,(H,34,40)(H,36,37)/t29-,30-/m0/s1. The number of hydrogen-bond donors (Lipinski definition) is 2. The Balaban J connectivity index is 1.34. The minimum Gasteiger partial charge on any atom is -0.478 e. The summed E-state index contributed by atoms with van der Waals surface area (Å²) in [5, 5.41) is 13.2. The Hall–Kier alpha value is -4.95. The number of carbonyl (C=O) groups is 1. The molecular weight excluding hydrogens is 522 g/mol. The number of anilines is 1.